The van der Waals surface area contributed by atoms with E-state index in [0.717, 1.165) is 28.1 Å². The van der Waals surface area contributed by atoms with E-state index in [4.69, 9.17) is 0 Å². The number of rotatable bonds is 1. The number of fused-ring (bicyclic) bond motifs is 2. The predicted molar refractivity (Wildman–Crippen MR) is 69.7 cm³/mol. The van der Waals surface area contributed by atoms with E-state index in [2.05, 4.69) is 20.6 Å². The Hall–Kier alpha value is -2.76. The van der Waals surface area contributed by atoms with Gasteiger partial charge in [0.15, 0.2) is 0 Å². The number of aryl methyl sites for hydroxylation is 1. The van der Waals surface area contributed by atoms with Crippen LogP contribution in [0.2, 0.25) is 0 Å². The fraction of sp³-hybridized carbons (Fsp3) is 0.0769. The van der Waals surface area contributed by atoms with Crippen LogP contribution in [0.3, 0.4) is 0 Å². The Morgan fingerprint density at radius 1 is 0.895 bits per heavy atom. The van der Waals surface area contributed by atoms with Crippen LogP contribution in [0.5, 0.6) is 0 Å². The van der Waals surface area contributed by atoms with Crippen LogP contribution in [0.1, 0.15) is 5.69 Å². The van der Waals surface area contributed by atoms with Crippen LogP contribution in [0.4, 0.5) is 0 Å². The highest BCUT2D eigenvalue weighted by Crippen LogP contribution is 2.23. The summed E-state index contributed by atoms with van der Waals surface area (Å²) in [5, 5.41) is 16.6. The van der Waals surface area contributed by atoms with Gasteiger partial charge in [0.05, 0.1) is 22.4 Å². The monoisotopic (exact) mass is 250 g/mol. The van der Waals surface area contributed by atoms with Gasteiger partial charge in [-0.2, -0.15) is 0 Å². The van der Waals surface area contributed by atoms with E-state index in [1.54, 1.807) is 9.03 Å². The lowest BCUT2D eigenvalue weighted by atomic mass is 10.2. The van der Waals surface area contributed by atoms with E-state index in [9.17, 15) is 0 Å². The first-order valence-corrected chi connectivity index (χ1v) is 5.96. The molecular weight excluding hydrogens is 240 g/mol. The first kappa shape index (κ1) is 10.2. The molecule has 0 aromatic carbocycles. The Labute approximate surface area is 108 Å². The van der Waals surface area contributed by atoms with Gasteiger partial charge in [0.2, 0.25) is 0 Å². The number of pyridine rings is 2. The van der Waals surface area contributed by atoms with Gasteiger partial charge in [-0.05, 0) is 31.2 Å². The van der Waals surface area contributed by atoms with E-state index in [0.29, 0.717) is 0 Å². The Bertz CT molecular complexity index is 888. The van der Waals surface area contributed by atoms with Crippen molar-refractivity contribution in [3.05, 3.63) is 48.3 Å². The molecule has 4 rings (SSSR count). The minimum Gasteiger partial charge on any atom is -0.220 e. The van der Waals surface area contributed by atoms with Gasteiger partial charge >= 0.3 is 0 Å². The molecule has 0 saturated carbocycles. The standard InChI is InChI=1S/C13H10N6/c1-9-10-6-4-7-12(19(10)17-14-9)13-11-5-2-3-8-18(11)16-15-13/h2-8H,1H3. The van der Waals surface area contributed by atoms with Crippen molar-refractivity contribution < 1.29 is 0 Å². The second-order valence-corrected chi connectivity index (χ2v) is 4.35. The third-order valence-electron chi connectivity index (χ3n) is 3.19. The minimum atomic E-state index is 0.802. The van der Waals surface area contributed by atoms with Crippen molar-refractivity contribution in [2.75, 3.05) is 0 Å². The molecule has 0 fully saturated rings. The summed E-state index contributed by atoms with van der Waals surface area (Å²) in [5.74, 6) is 0. The molecule has 0 saturated heterocycles. The molecule has 0 bridgehead atoms. The molecule has 0 aliphatic heterocycles. The normalized spacial score (nSPS) is 11.4. The van der Waals surface area contributed by atoms with Crippen LogP contribution in [-0.2, 0) is 0 Å². The molecule has 4 aromatic heterocycles. The zero-order chi connectivity index (χ0) is 12.8. The maximum absolute atomic E-state index is 4.25. The van der Waals surface area contributed by atoms with Gasteiger partial charge in [0, 0.05) is 6.20 Å². The Balaban J connectivity index is 2.09. The van der Waals surface area contributed by atoms with E-state index >= 15 is 0 Å². The average Bonchev–Trinajstić information content (AvgIpc) is 3.03. The van der Waals surface area contributed by atoms with Crippen molar-refractivity contribution in [2.24, 2.45) is 0 Å². The molecule has 4 aromatic rings. The minimum absolute atomic E-state index is 0.802. The zero-order valence-electron chi connectivity index (χ0n) is 10.2. The van der Waals surface area contributed by atoms with Crippen LogP contribution < -0.4 is 0 Å². The van der Waals surface area contributed by atoms with E-state index in [1.807, 2.05) is 49.5 Å². The molecule has 0 aliphatic carbocycles. The van der Waals surface area contributed by atoms with Gasteiger partial charge in [-0.1, -0.05) is 22.6 Å². The zero-order valence-corrected chi connectivity index (χ0v) is 10.2. The van der Waals surface area contributed by atoms with Gasteiger partial charge < -0.3 is 0 Å². The number of aromatic nitrogens is 6. The second kappa shape index (κ2) is 3.61. The van der Waals surface area contributed by atoms with E-state index in [-0.39, 0.29) is 0 Å². The largest absolute Gasteiger partial charge is 0.220 e. The summed E-state index contributed by atoms with van der Waals surface area (Å²) < 4.78 is 3.55. The van der Waals surface area contributed by atoms with Gasteiger partial charge in [-0.3, -0.25) is 0 Å². The summed E-state index contributed by atoms with van der Waals surface area (Å²) in [6.45, 7) is 1.94. The third-order valence-corrected chi connectivity index (χ3v) is 3.19. The molecule has 4 heterocycles. The molecule has 0 aliphatic rings. The second-order valence-electron chi connectivity index (χ2n) is 4.35. The molecule has 0 amide bonds. The molecule has 0 N–H and O–H groups in total. The molecule has 0 radical (unpaired) electrons. The van der Waals surface area contributed by atoms with Crippen molar-refractivity contribution in [2.45, 2.75) is 6.92 Å². The van der Waals surface area contributed by atoms with Crippen LogP contribution in [0.25, 0.3) is 22.4 Å². The van der Waals surface area contributed by atoms with Crippen molar-refractivity contribution >= 4 is 11.0 Å². The van der Waals surface area contributed by atoms with Crippen LogP contribution in [0.15, 0.2) is 42.6 Å². The highest BCUT2D eigenvalue weighted by molar-refractivity contribution is 5.75. The Morgan fingerprint density at radius 3 is 2.74 bits per heavy atom. The van der Waals surface area contributed by atoms with Crippen molar-refractivity contribution in [3.8, 4) is 11.4 Å². The third kappa shape index (κ3) is 1.36. The van der Waals surface area contributed by atoms with E-state index < -0.39 is 0 Å². The molecule has 19 heavy (non-hydrogen) atoms. The molecule has 92 valence electrons. The lowest BCUT2D eigenvalue weighted by Crippen LogP contribution is -1.94. The topological polar surface area (TPSA) is 60.4 Å². The first-order valence-electron chi connectivity index (χ1n) is 5.96. The fourth-order valence-corrected chi connectivity index (χ4v) is 2.24. The number of hydrogen-bond donors (Lipinski definition) is 0. The van der Waals surface area contributed by atoms with Gasteiger partial charge in [-0.15, -0.1) is 10.2 Å². The highest BCUT2D eigenvalue weighted by atomic mass is 15.4. The SMILES string of the molecule is Cc1nnn2c(-c3nnn4ccccc34)cccc12. The summed E-state index contributed by atoms with van der Waals surface area (Å²) in [6, 6.07) is 11.8. The Kier molecular flexibility index (Phi) is 1.94. The average molecular weight is 250 g/mol. The Morgan fingerprint density at radius 2 is 1.79 bits per heavy atom. The predicted octanol–water partition coefficient (Wildman–Crippen LogP) is 1.75. The maximum atomic E-state index is 4.25. The molecule has 0 atom stereocenters. The summed E-state index contributed by atoms with van der Waals surface area (Å²) in [7, 11) is 0. The smallest absolute Gasteiger partial charge is 0.139 e. The van der Waals surface area contributed by atoms with Crippen LogP contribution >= 0.6 is 0 Å². The quantitative estimate of drug-likeness (QED) is 0.516. The van der Waals surface area contributed by atoms with Gasteiger partial charge in [0.1, 0.15) is 5.69 Å². The molecular formula is C13H10N6. The van der Waals surface area contributed by atoms with Crippen molar-refractivity contribution in [1.82, 2.24) is 29.7 Å². The summed E-state index contributed by atoms with van der Waals surface area (Å²) >= 11 is 0. The molecule has 6 nitrogen and oxygen atoms in total. The molecule has 6 heteroatoms. The van der Waals surface area contributed by atoms with Crippen molar-refractivity contribution in [1.29, 1.82) is 0 Å². The van der Waals surface area contributed by atoms with Gasteiger partial charge in [0.25, 0.3) is 0 Å². The van der Waals surface area contributed by atoms with Gasteiger partial charge in [-0.25, -0.2) is 9.03 Å². The number of nitrogens with zero attached hydrogens (tertiary/aromatic N) is 6. The molecule has 0 spiro atoms. The fourth-order valence-electron chi connectivity index (χ4n) is 2.24. The first-order chi connectivity index (χ1) is 9.34. The number of hydrogen-bond acceptors (Lipinski definition) is 4. The lowest BCUT2D eigenvalue weighted by Gasteiger charge is -2.00. The molecule has 0 unspecified atom stereocenters. The van der Waals surface area contributed by atoms with Crippen molar-refractivity contribution in [3.63, 3.8) is 0 Å². The van der Waals surface area contributed by atoms with E-state index in [1.165, 1.54) is 0 Å². The van der Waals surface area contributed by atoms with Crippen LogP contribution in [-0.4, -0.2) is 29.7 Å². The maximum Gasteiger partial charge on any atom is 0.139 e. The summed E-state index contributed by atoms with van der Waals surface area (Å²) in [4.78, 5) is 0. The highest BCUT2D eigenvalue weighted by Gasteiger charge is 2.13. The van der Waals surface area contributed by atoms with Crippen LogP contribution in [0, 0.1) is 6.92 Å². The lowest BCUT2D eigenvalue weighted by molar-refractivity contribution is 0.840. The summed E-state index contributed by atoms with van der Waals surface area (Å²) in [5.41, 5.74) is 4.52. The summed E-state index contributed by atoms with van der Waals surface area (Å²) in [6.07, 6.45) is 1.87.